The fourth-order valence-corrected chi connectivity index (χ4v) is 3.07. The van der Waals surface area contributed by atoms with Crippen LogP contribution in [0.15, 0.2) is 48.7 Å². The molecule has 0 amide bonds. The van der Waals surface area contributed by atoms with Crippen LogP contribution in [0.25, 0.3) is 10.8 Å². The molecule has 7 heteroatoms. The summed E-state index contributed by atoms with van der Waals surface area (Å²) < 4.78 is 62.3. The van der Waals surface area contributed by atoms with E-state index in [-0.39, 0.29) is 6.61 Å². The molecule has 1 saturated heterocycles. The molecule has 1 fully saturated rings. The summed E-state index contributed by atoms with van der Waals surface area (Å²) in [4.78, 5) is 3.81. The van der Waals surface area contributed by atoms with Gasteiger partial charge in [-0.15, -0.1) is 0 Å². The first kappa shape index (κ1) is 16.3. The zero-order chi connectivity index (χ0) is 17.8. The second-order valence-electron chi connectivity index (χ2n) is 5.88. The molecule has 1 aliphatic heterocycles. The molecule has 1 atom stereocenters. The smallest absolute Gasteiger partial charge is 0.324 e. The maximum atomic E-state index is 15.1. The van der Waals surface area contributed by atoms with Gasteiger partial charge in [0.05, 0.1) is 6.61 Å². The number of benzene rings is 2. The number of rotatable bonds is 3. The lowest BCUT2D eigenvalue weighted by molar-refractivity contribution is -0.0900. The summed E-state index contributed by atoms with van der Waals surface area (Å²) in [5, 5.41) is 1.58. The quantitative estimate of drug-likeness (QED) is 0.470. The second kappa shape index (κ2) is 5.41. The molecule has 0 spiro atoms. The third kappa shape index (κ3) is 2.48. The zero-order valence-electron chi connectivity index (χ0n) is 12.6. The Hall–Kier alpha value is -2.18. The van der Waals surface area contributed by atoms with Crippen molar-refractivity contribution in [3.63, 3.8) is 0 Å². The van der Waals surface area contributed by atoms with Gasteiger partial charge in [-0.05, 0) is 35.7 Å². The van der Waals surface area contributed by atoms with Gasteiger partial charge in [-0.25, -0.2) is 8.78 Å². The van der Waals surface area contributed by atoms with Gasteiger partial charge in [0, 0.05) is 28.2 Å². The first-order valence-corrected chi connectivity index (χ1v) is 7.74. The van der Waals surface area contributed by atoms with Crippen molar-refractivity contribution >= 4 is 22.4 Å². The molecule has 0 saturated carbocycles. The van der Waals surface area contributed by atoms with Crippen LogP contribution in [0.5, 0.6) is 0 Å². The predicted molar refractivity (Wildman–Crippen MR) is 84.6 cm³/mol. The van der Waals surface area contributed by atoms with E-state index < -0.39 is 34.4 Å². The molecule has 2 nitrogen and oxygen atoms in total. The maximum absolute atomic E-state index is 15.1. The lowest BCUT2D eigenvalue weighted by atomic mass is 9.89. The average molecular weight is 368 g/mol. The molecular weight excluding hydrogens is 358 g/mol. The number of ether oxygens (including phenoxy) is 1. The standard InChI is InChI=1S/C18H10ClF4NO/c19-12-2-1-10-6-16(24-8-11(10)5-12)18(22,23)17(9-25-17)14-4-3-13(20)7-15(14)21/h1-8H,9H2. The molecule has 1 aromatic heterocycles. The van der Waals surface area contributed by atoms with E-state index in [1.165, 1.54) is 12.3 Å². The highest BCUT2D eigenvalue weighted by Gasteiger charge is 2.68. The van der Waals surface area contributed by atoms with Crippen LogP contribution in [0.2, 0.25) is 5.02 Å². The average Bonchev–Trinajstić information content (AvgIpc) is 3.36. The third-order valence-corrected chi connectivity index (χ3v) is 4.55. The van der Waals surface area contributed by atoms with Crippen molar-refractivity contribution in [1.29, 1.82) is 0 Å². The summed E-state index contributed by atoms with van der Waals surface area (Å²) >= 11 is 5.87. The molecule has 0 radical (unpaired) electrons. The maximum Gasteiger partial charge on any atom is 0.324 e. The third-order valence-electron chi connectivity index (χ3n) is 4.31. The Morgan fingerprint density at radius 1 is 1.04 bits per heavy atom. The second-order valence-corrected chi connectivity index (χ2v) is 6.31. The number of fused-ring (bicyclic) bond motifs is 1. The van der Waals surface area contributed by atoms with Gasteiger partial charge in [-0.3, -0.25) is 4.98 Å². The molecular formula is C18H10ClF4NO. The highest BCUT2D eigenvalue weighted by molar-refractivity contribution is 6.31. The van der Waals surface area contributed by atoms with Crippen LogP contribution < -0.4 is 0 Å². The lowest BCUT2D eigenvalue weighted by Crippen LogP contribution is -2.34. The van der Waals surface area contributed by atoms with Crippen molar-refractivity contribution in [3.8, 4) is 0 Å². The normalized spacial score (nSPS) is 20.0. The number of pyridine rings is 1. The molecule has 0 aliphatic carbocycles. The van der Waals surface area contributed by atoms with E-state index in [0.717, 1.165) is 12.1 Å². The fourth-order valence-electron chi connectivity index (χ4n) is 2.89. The Labute approximate surface area is 145 Å². The minimum absolute atomic E-state index is 0.386. The van der Waals surface area contributed by atoms with Gasteiger partial charge < -0.3 is 4.74 Å². The van der Waals surface area contributed by atoms with Gasteiger partial charge in [0.1, 0.15) is 17.3 Å². The summed E-state index contributed by atoms with van der Waals surface area (Å²) in [5.74, 6) is -5.52. The van der Waals surface area contributed by atoms with Crippen molar-refractivity contribution in [3.05, 3.63) is 76.6 Å². The monoisotopic (exact) mass is 367 g/mol. The minimum Gasteiger partial charge on any atom is -0.357 e. The summed E-state index contributed by atoms with van der Waals surface area (Å²) in [6.07, 6.45) is 1.28. The molecule has 0 N–H and O–H groups in total. The first-order valence-electron chi connectivity index (χ1n) is 7.37. The molecule has 0 bridgehead atoms. The highest BCUT2D eigenvalue weighted by atomic mass is 35.5. The predicted octanol–water partition coefficient (Wildman–Crippen LogP) is 5.18. The van der Waals surface area contributed by atoms with E-state index in [9.17, 15) is 8.78 Å². The van der Waals surface area contributed by atoms with Crippen LogP contribution >= 0.6 is 11.6 Å². The zero-order valence-corrected chi connectivity index (χ0v) is 13.3. The molecule has 2 heterocycles. The number of hydrogen-bond acceptors (Lipinski definition) is 2. The van der Waals surface area contributed by atoms with Crippen LogP contribution in [0.4, 0.5) is 17.6 Å². The van der Waals surface area contributed by atoms with Crippen molar-refractivity contribution in [2.45, 2.75) is 11.5 Å². The molecule has 2 aromatic carbocycles. The van der Waals surface area contributed by atoms with Crippen LogP contribution in [-0.2, 0) is 16.3 Å². The van der Waals surface area contributed by atoms with Crippen molar-refractivity contribution < 1.29 is 22.3 Å². The number of hydrogen-bond donors (Lipinski definition) is 0. The Morgan fingerprint density at radius 3 is 2.48 bits per heavy atom. The summed E-state index contributed by atoms with van der Waals surface area (Å²) in [6.45, 7) is -0.386. The van der Waals surface area contributed by atoms with Crippen LogP contribution in [-0.4, -0.2) is 11.6 Å². The molecule has 1 aliphatic rings. The van der Waals surface area contributed by atoms with E-state index in [1.807, 2.05) is 0 Å². The molecule has 3 aromatic rings. The number of halogens is 5. The van der Waals surface area contributed by atoms with Gasteiger partial charge in [0.2, 0.25) is 0 Å². The van der Waals surface area contributed by atoms with Gasteiger partial charge in [-0.2, -0.15) is 8.78 Å². The Balaban J connectivity index is 1.82. The van der Waals surface area contributed by atoms with Gasteiger partial charge >= 0.3 is 5.92 Å². The molecule has 128 valence electrons. The Kier molecular flexibility index (Phi) is 3.53. The van der Waals surface area contributed by atoms with Crippen LogP contribution in [0.3, 0.4) is 0 Å². The van der Waals surface area contributed by atoms with E-state index in [1.54, 1.807) is 18.2 Å². The van der Waals surface area contributed by atoms with Gasteiger partial charge in [-0.1, -0.05) is 17.7 Å². The van der Waals surface area contributed by atoms with Gasteiger partial charge in [0.15, 0.2) is 5.60 Å². The Morgan fingerprint density at radius 2 is 1.80 bits per heavy atom. The number of nitrogens with zero attached hydrogens (tertiary/aromatic N) is 1. The summed E-state index contributed by atoms with van der Waals surface area (Å²) in [7, 11) is 0. The number of epoxide rings is 1. The molecule has 1 unspecified atom stereocenters. The van der Waals surface area contributed by atoms with Crippen molar-refractivity contribution in [2.75, 3.05) is 6.61 Å². The number of aromatic nitrogens is 1. The van der Waals surface area contributed by atoms with Crippen LogP contribution in [0.1, 0.15) is 11.3 Å². The largest absolute Gasteiger partial charge is 0.357 e. The van der Waals surface area contributed by atoms with E-state index in [0.29, 0.717) is 21.9 Å². The van der Waals surface area contributed by atoms with Crippen molar-refractivity contribution in [1.82, 2.24) is 4.98 Å². The fraction of sp³-hybridized carbons (Fsp3) is 0.167. The Bertz CT molecular complexity index is 988. The molecule has 25 heavy (non-hydrogen) atoms. The SMILES string of the molecule is Fc1ccc(C2(C(F)(F)c3cc4ccc(Cl)cc4cn3)CO2)c(F)c1. The summed E-state index contributed by atoms with van der Waals surface area (Å²) in [5.41, 5.74) is -3.13. The topological polar surface area (TPSA) is 25.4 Å². The van der Waals surface area contributed by atoms with Gasteiger partial charge in [0.25, 0.3) is 0 Å². The van der Waals surface area contributed by atoms with E-state index >= 15 is 8.78 Å². The summed E-state index contributed by atoms with van der Waals surface area (Å²) in [6, 6.07) is 8.46. The lowest BCUT2D eigenvalue weighted by Gasteiger charge is -2.24. The van der Waals surface area contributed by atoms with E-state index in [4.69, 9.17) is 16.3 Å². The van der Waals surface area contributed by atoms with Crippen molar-refractivity contribution in [2.24, 2.45) is 0 Å². The number of alkyl halides is 2. The minimum atomic E-state index is -3.60. The first-order chi connectivity index (χ1) is 11.8. The van der Waals surface area contributed by atoms with E-state index in [2.05, 4.69) is 4.98 Å². The highest BCUT2D eigenvalue weighted by Crippen LogP contribution is 2.56. The van der Waals surface area contributed by atoms with Crippen LogP contribution in [0, 0.1) is 11.6 Å². The molecule has 4 rings (SSSR count).